The summed E-state index contributed by atoms with van der Waals surface area (Å²) in [5.41, 5.74) is 9.53. The molecule has 152 valence electrons. The van der Waals surface area contributed by atoms with Crippen molar-refractivity contribution >= 4 is 27.8 Å². The number of methoxy groups -OCH3 is 1. The van der Waals surface area contributed by atoms with Gasteiger partial charge in [-0.3, -0.25) is 0 Å². The maximum absolute atomic E-state index is 12.7. The molecule has 0 radical (unpaired) electrons. The number of pyridine rings is 1. The summed E-state index contributed by atoms with van der Waals surface area (Å²) in [6.45, 7) is 0. The molecule has 0 unspecified atom stereocenters. The van der Waals surface area contributed by atoms with Crippen LogP contribution in [0.5, 0.6) is 0 Å². The number of fused-ring (bicyclic) bond motifs is 5. The standard InChI is InChI=1S/C28H23NO2/c1-31-28(30)27-16-19(20-14-21-7-4-5-13-29(21)17-20)15-26-24-10-9-18-6-2-3-8-22(18)23(24)11-12-25(26)27/h3-5,7-8,11-17H,2,6,9-10H2,1H3. The van der Waals surface area contributed by atoms with Gasteiger partial charge in [0.1, 0.15) is 0 Å². The normalized spacial score (nSPS) is 15.3. The second-order valence-corrected chi connectivity index (χ2v) is 8.42. The first-order valence-electron chi connectivity index (χ1n) is 10.9. The monoisotopic (exact) mass is 405 g/mol. The third kappa shape index (κ3) is 2.84. The largest absolute Gasteiger partial charge is 0.465 e. The van der Waals surface area contributed by atoms with Crippen molar-refractivity contribution in [3.05, 3.63) is 95.3 Å². The maximum Gasteiger partial charge on any atom is 0.338 e. The van der Waals surface area contributed by atoms with Crippen molar-refractivity contribution in [3.63, 3.8) is 0 Å². The first kappa shape index (κ1) is 18.2. The summed E-state index contributed by atoms with van der Waals surface area (Å²) in [7, 11) is 1.45. The predicted molar refractivity (Wildman–Crippen MR) is 125 cm³/mol. The summed E-state index contributed by atoms with van der Waals surface area (Å²) in [6.07, 6.45) is 13.1. The van der Waals surface area contributed by atoms with Gasteiger partial charge in [0.15, 0.2) is 0 Å². The fourth-order valence-corrected chi connectivity index (χ4v) is 5.20. The van der Waals surface area contributed by atoms with Gasteiger partial charge in [-0.1, -0.05) is 35.9 Å². The minimum atomic E-state index is -0.288. The molecule has 3 heteroatoms. The quantitative estimate of drug-likeness (QED) is 0.352. The van der Waals surface area contributed by atoms with Gasteiger partial charge in [-0.05, 0) is 89.1 Å². The Morgan fingerprint density at radius 1 is 0.968 bits per heavy atom. The fraction of sp³-hybridized carbons (Fsp3) is 0.179. The molecular formula is C28H23NO2. The molecule has 0 N–H and O–H groups in total. The van der Waals surface area contributed by atoms with Crippen LogP contribution in [0.4, 0.5) is 0 Å². The van der Waals surface area contributed by atoms with Crippen LogP contribution < -0.4 is 0 Å². The molecule has 0 saturated heterocycles. The van der Waals surface area contributed by atoms with E-state index in [1.54, 1.807) is 5.57 Å². The predicted octanol–water partition coefficient (Wildman–Crippen LogP) is 6.60. The summed E-state index contributed by atoms with van der Waals surface area (Å²) in [5.74, 6) is -0.288. The number of aryl methyl sites for hydroxylation is 1. The van der Waals surface area contributed by atoms with Gasteiger partial charge in [-0.2, -0.15) is 0 Å². The lowest BCUT2D eigenvalue weighted by Gasteiger charge is -2.26. The van der Waals surface area contributed by atoms with Crippen molar-refractivity contribution < 1.29 is 9.53 Å². The Bertz CT molecular complexity index is 1400. The molecule has 31 heavy (non-hydrogen) atoms. The van der Waals surface area contributed by atoms with Gasteiger partial charge < -0.3 is 9.14 Å². The topological polar surface area (TPSA) is 30.7 Å². The van der Waals surface area contributed by atoms with E-state index >= 15 is 0 Å². The number of nitrogens with zero attached hydrogens (tertiary/aromatic N) is 1. The molecule has 4 aromatic rings. The van der Waals surface area contributed by atoms with Gasteiger partial charge in [-0.25, -0.2) is 4.79 Å². The first-order chi connectivity index (χ1) is 15.2. The lowest BCUT2D eigenvalue weighted by molar-refractivity contribution is 0.0603. The number of rotatable bonds is 2. The van der Waals surface area contributed by atoms with E-state index in [2.05, 4.69) is 53.1 Å². The number of hydrogen-bond donors (Lipinski definition) is 0. The fourth-order valence-electron chi connectivity index (χ4n) is 5.20. The van der Waals surface area contributed by atoms with Crippen LogP contribution >= 0.6 is 0 Å². The van der Waals surface area contributed by atoms with Crippen LogP contribution in [-0.2, 0) is 11.2 Å². The molecule has 0 saturated carbocycles. The molecular weight excluding hydrogens is 382 g/mol. The van der Waals surface area contributed by atoms with Gasteiger partial charge >= 0.3 is 5.97 Å². The molecule has 2 heterocycles. The van der Waals surface area contributed by atoms with Crippen LogP contribution in [-0.4, -0.2) is 17.5 Å². The Morgan fingerprint density at radius 2 is 1.90 bits per heavy atom. The summed E-state index contributed by atoms with van der Waals surface area (Å²) >= 11 is 0. The molecule has 0 spiro atoms. The Balaban J connectivity index is 1.63. The van der Waals surface area contributed by atoms with E-state index in [4.69, 9.17) is 4.74 Å². The summed E-state index contributed by atoms with van der Waals surface area (Å²) in [6, 6.07) is 16.9. The molecule has 6 rings (SSSR count). The molecule has 0 atom stereocenters. The average molecular weight is 405 g/mol. The van der Waals surface area contributed by atoms with Crippen LogP contribution in [0.1, 0.15) is 40.7 Å². The lowest BCUT2D eigenvalue weighted by atomic mass is 9.79. The number of allylic oxidation sites excluding steroid dienone is 4. The van der Waals surface area contributed by atoms with Crippen LogP contribution in [0.15, 0.2) is 78.6 Å². The van der Waals surface area contributed by atoms with Crippen molar-refractivity contribution in [2.45, 2.75) is 25.7 Å². The van der Waals surface area contributed by atoms with E-state index in [0.29, 0.717) is 5.56 Å². The smallest absolute Gasteiger partial charge is 0.338 e. The minimum Gasteiger partial charge on any atom is -0.465 e. The molecule has 0 fully saturated rings. The molecule has 0 amide bonds. The third-order valence-electron chi connectivity index (χ3n) is 6.74. The van der Waals surface area contributed by atoms with E-state index < -0.39 is 0 Å². The van der Waals surface area contributed by atoms with Crippen LogP contribution in [0.3, 0.4) is 0 Å². The second-order valence-electron chi connectivity index (χ2n) is 8.42. The van der Waals surface area contributed by atoms with Gasteiger partial charge in [0.2, 0.25) is 0 Å². The first-order valence-corrected chi connectivity index (χ1v) is 10.9. The molecule has 0 bridgehead atoms. The number of aromatic nitrogens is 1. The molecule has 3 nitrogen and oxygen atoms in total. The van der Waals surface area contributed by atoms with Crippen molar-refractivity contribution in [1.29, 1.82) is 0 Å². The van der Waals surface area contributed by atoms with Gasteiger partial charge in [-0.15, -0.1) is 0 Å². The van der Waals surface area contributed by atoms with Crippen LogP contribution in [0, 0.1) is 0 Å². The third-order valence-corrected chi connectivity index (χ3v) is 6.74. The maximum atomic E-state index is 12.7. The van der Waals surface area contributed by atoms with E-state index in [0.717, 1.165) is 53.1 Å². The van der Waals surface area contributed by atoms with Gasteiger partial charge in [0.05, 0.1) is 12.7 Å². The van der Waals surface area contributed by atoms with Crippen LogP contribution in [0.25, 0.3) is 33.0 Å². The number of carbonyl (C=O) groups excluding carboxylic acids is 1. The highest BCUT2D eigenvalue weighted by Gasteiger charge is 2.23. The Hall–Kier alpha value is -3.59. The number of benzene rings is 2. The Labute approximate surface area is 181 Å². The van der Waals surface area contributed by atoms with Gasteiger partial charge in [0, 0.05) is 23.5 Å². The summed E-state index contributed by atoms with van der Waals surface area (Å²) in [5, 5.41) is 2.14. The van der Waals surface area contributed by atoms with Crippen molar-refractivity contribution in [2.24, 2.45) is 0 Å². The van der Waals surface area contributed by atoms with E-state index in [-0.39, 0.29) is 5.97 Å². The highest BCUT2D eigenvalue weighted by Crippen LogP contribution is 2.41. The number of carbonyl (C=O) groups is 1. The zero-order chi connectivity index (χ0) is 20.9. The molecule has 0 aliphatic heterocycles. The number of esters is 1. The van der Waals surface area contributed by atoms with E-state index in [1.807, 2.05) is 24.4 Å². The second kappa shape index (κ2) is 6.98. The molecule has 2 aromatic carbocycles. The average Bonchev–Trinajstić information content (AvgIpc) is 3.27. The number of ether oxygens (including phenoxy) is 1. The zero-order valence-electron chi connectivity index (χ0n) is 17.5. The number of hydrogen-bond acceptors (Lipinski definition) is 2. The summed E-state index contributed by atoms with van der Waals surface area (Å²) in [4.78, 5) is 12.7. The Kier molecular flexibility index (Phi) is 4.10. The zero-order valence-corrected chi connectivity index (χ0v) is 17.5. The Morgan fingerprint density at radius 3 is 2.77 bits per heavy atom. The van der Waals surface area contributed by atoms with E-state index in [9.17, 15) is 4.79 Å². The van der Waals surface area contributed by atoms with Crippen LogP contribution in [0.2, 0.25) is 0 Å². The van der Waals surface area contributed by atoms with Crippen molar-refractivity contribution in [1.82, 2.24) is 4.40 Å². The van der Waals surface area contributed by atoms with E-state index in [1.165, 1.54) is 23.8 Å². The highest BCUT2D eigenvalue weighted by atomic mass is 16.5. The van der Waals surface area contributed by atoms with Crippen molar-refractivity contribution in [3.8, 4) is 11.1 Å². The minimum absolute atomic E-state index is 0.288. The van der Waals surface area contributed by atoms with Gasteiger partial charge in [0.25, 0.3) is 0 Å². The highest BCUT2D eigenvalue weighted by molar-refractivity contribution is 6.09. The molecule has 2 aliphatic rings. The lowest BCUT2D eigenvalue weighted by Crippen LogP contribution is -2.09. The summed E-state index contributed by atoms with van der Waals surface area (Å²) < 4.78 is 7.27. The van der Waals surface area contributed by atoms with Crippen molar-refractivity contribution in [2.75, 3.05) is 7.11 Å². The SMILES string of the molecule is COC(=O)c1cc(-c2cc3ccccn3c2)cc2c3c(ccc12)C1=C(CCC=C1)CC3. The molecule has 2 aliphatic carbocycles. The molecule has 2 aromatic heterocycles.